The van der Waals surface area contributed by atoms with E-state index in [-0.39, 0.29) is 0 Å². The monoisotopic (exact) mass is 175 g/mol. The molecule has 1 saturated heterocycles. The Balaban J connectivity index is 2.30. The summed E-state index contributed by atoms with van der Waals surface area (Å²) in [6.07, 6.45) is 3.70. The van der Waals surface area contributed by atoms with Gasteiger partial charge in [-0.1, -0.05) is 6.42 Å². The highest BCUT2D eigenvalue weighted by atomic mass is 32.2. The summed E-state index contributed by atoms with van der Waals surface area (Å²) in [5.74, 6) is 0. The van der Waals surface area contributed by atoms with Gasteiger partial charge < -0.3 is 0 Å². The van der Waals surface area contributed by atoms with Crippen molar-refractivity contribution in [3.8, 4) is 0 Å². The van der Waals surface area contributed by atoms with E-state index in [1.165, 1.54) is 24.6 Å². The van der Waals surface area contributed by atoms with Gasteiger partial charge in [-0.25, -0.2) is 0 Å². The van der Waals surface area contributed by atoms with Gasteiger partial charge in [0.05, 0.1) is 0 Å². The van der Waals surface area contributed by atoms with Crippen LogP contribution in [-0.4, -0.2) is 38.3 Å². The lowest BCUT2D eigenvalue weighted by Crippen LogP contribution is -2.31. The average Bonchev–Trinajstić information content (AvgIpc) is 2.03. The van der Waals surface area contributed by atoms with Gasteiger partial charge in [0.25, 0.3) is 0 Å². The van der Waals surface area contributed by atoms with Crippen LogP contribution >= 0.6 is 0 Å². The molecule has 0 amide bonds. The van der Waals surface area contributed by atoms with E-state index >= 15 is 0 Å². The summed E-state index contributed by atoms with van der Waals surface area (Å²) in [4.78, 5) is 2.17. The van der Waals surface area contributed by atoms with Crippen molar-refractivity contribution in [2.75, 3.05) is 19.6 Å². The topological polar surface area (TPSA) is 37.4 Å². The van der Waals surface area contributed by atoms with Crippen LogP contribution < -0.4 is 0 Å². The van der Waals surface area contributed by atoms with Crippen LogP contribution in [0.4, 0.5) is 0 Å². The van der Waals surface area contributed by atoms with Gasteiger partial charge in [0.15, 0.2) is 0 Å². The van der Waals surface area contributed by atoms with Crippen LogP contribution in [-0.2, 0) is 10.3 Å². The van der Waals surface area contributed by atoms with Crippen molar-refractivity contribution in [3.63, 3.8) is 0 Å². The average molecular weight is 175 g/mol. The molecule has 0 spiro atoms. The molecule has 3 nitrogen and oxygen atoms in total. The summed E-state index contributed by atoms with van der Waals surface area (Å²) in [7, 11) is -1.98. The Morgan fingerprint density at radius 2 is 1.82 bits per heavy atom. The molecule has 1 heterocycles. The Morgan fingerprint density at radius 3 is 2.36 bits per heavy atom. The number of nitrogens with zero attached hydrogens (tertiary/aromatic N) is 1. The summed E-state index contributed by atoms with van der Waals surface area (Å²) >= 11 is 0. The minimum atomic E-state index is -1.98. The second-order valence-corrected chi connectivity index (χ2v) is 3.64. The molecule has 0 radical (unpaired) electrons. The first-order valence-electron chi connectivity index (χ1n) is 3.93. The molecule has 0 unspecified atom stereocenters. The van der Waals surface area contributed by atoms with E-state index in [2.05, 4.69) is 4.90 Å². The van der Waals surface area contributed by atoms with E-state index in [1.54, 1.807) is 0 Å². The molecule has 0 bridgehead atoms. The third kappa shape index (κ3) is 3.53. The molecule has 0 aromatic carbocycles. The van der Waals surface area contributed by atoms with Gasteiger partial charge >= 0.3 is 0 Å². The molecule has 0 aromatic rings. The fourth-order valence-electron chi connectivity index (χ4n) is 1.31. The minimum Gasteiger partial charge on any atom is -0.299 e. The van der Waals surface area contributed by atoms with Gasteiger partial charge in [0.2, 0.25) is 10.3 Å². The van der Waals surface area contributed by atoms with E-state index in [0.29, 0.717) is 6.54 Å². The van der Waals surface area contributed by atoms with Crippen molar-refractivity contribution in [1.29, 1.82) is 0 Å². The lowest BCUT2D eigenvalue weighted by atomic mass is 10.1. The molecule has 1 rings (SSSR count). The van der Waals surface area contributed by atoms with Crippen molar-refractivity contribution in [1.82, 2.24) is 4.90 Å². The molecular weight excluding hydrogens is 162 g/mol. The maximum absolute atomic E-state index is 10.2. The van der Waals surface area contributed by atoms with Crippen molar-refractivity contribution in [3.05, 3.63) is 0 Å². The standard InChI is InChI=1S/C7H13NO2S/c9-11(10)7-6-8-4-2-1-3-5-8/h7H,1-6H2. The van der Waals surface area contributed by atoms with Crippen molar-refractivity contribution in [2.24, 2.45) is 0 Å². The number of hydrogen-bond donors (Lipinski definition) is 0. The zero-order valence-corrected chi connectivity index (χ0v) is 7.31. The zero-order chi connectivity index (χ0) is 8.10. The number of rotatable bonds is 2. The van der Waals surface area contributed by atoms with E-state index < -0.39 is 10.3 Å². The summed E-state index contributed by atoms with van der Waals surface area (Å²) < 4.78 is 20.3. The summed E-state index contributed by atoms with van der Waals surface area (Å²) in [5.41, 5.74) is 0. The Labute approximate surface area is 68.5 Å². The van der Waals surface area contributed by atoms with Gasteiger partial charge in [-0.05, 0) is 25.9 Å². The van der Waals surface area contributed by atoms with Crippen molar-refractivity contribution in [2.45, 2.75) is 19.3 Å². The smallest absolute Gasteiger partial charge is 0.211 e. The lowest BCUT2D eigenvalue weighted by Gasteiger charge is -2.24. The Kier molecular flexibility index (Phi) is 3.59. The Hall–Kier alpha value is -0.350. The lowest BCUT2D eigenvalue weighted by molar-refractivity contribution is 0.261. The second kappa shape index (κ2) is 4.51. The van der Waals surface area contributed by atoms with Crippen LogP contribution in [0.15, 0.2) is 0 Å². The van der Waals surface area contributed by atoms with Crippen LogP contribution in [0.3, 0.4) is 0 Å². The third-order valence-corrected chi connectivity index (χ3v) is 2.34. The highest BCUT2D eigenvalue weighted by molar-refractivity contribution is 7.71. The Morgan fingerprint density at radius 1 is 1.18 bits per heavy atom. The summed E-state index contributed by atoms with van der Waals surface area (Å²) in [5, 5.41) is 1.32. The normalized spacial score (nSPS) is 19.6. The van der Waals surface area contributed by atoms with Gasteiger partial charge in [0, 0.05) is 11.9 Å². The van der Waals surface area contributed by atoms with Crippen molar-refractivity contribution < 1.29 is 8.42 Å². The molecule has 11 heavy (non-hydrogen) atoms. The quantitative estimate of drug-likeness (QED) is 0.561. The molecule has 0 atom stereocenters. The third-order valence-electron chi connectivity index (χ3n) is 1.92. The molecule has 1 aliphatic rings. The van der Waals surface area contributed by atoms with Gasteiger partial charge in [-0.15, -0.1) is 0 Å². The number of piperidine rings is 1. The Bertz CT molecular complexity index is 219. The summed E-state index contributed by atoms with van der Waals surface area (Å²) in [6, 6.07) is 0. The maximum Gasteiger partial charge on any atom is 0.211 e. The highest BCUT2D eigenvalue weighted by Gasteiger charge is 2.07. The summed E-state index contributed by atoms with van der Waals surface area (Å²) in [6.45, 7) is 2.69. The van der Waals surface area contributed by atoms with Crippen LogP contribution in [0.2, 0.25) is 0 Å². The van der Waals surface area contributed by atoms with Gasteiger partial charge in [-0.2, -0.15) is 8.42 Å². The van der Waals surface area contributed by atoms with Gasteiger partial charge in [-0.3, -0.25) is 4.90 Å². The minimum absolute atomic E-state index is 0.593. The van der Waals surface area contributed by atoms with E-state index in [1.807, 2.05) is 0 Å². The van der Waals surface area contributed by atoms with E-state index in [4.69, 9.17) is 0 Å². The van der Waals surface area contributed by atoms with Gasteiger partial charge in [0.1, 0.15) is 0 Å². The number of likely N-dealkylation sites (tertiary alicyclic amines) is 1. The first kappa shape index (κ1) is 8.74. The molecule has 1 aliphatic heterocycles. The fraction of sp³-hybridized carbons (Fsp3) is 0.857. The molecule has 4 heteroatoms. The van der Waals surface area contributed by atoms with Crippen molar-refractivity contribution >= 4 is 15.7 Å². The highest BCUT2D eigenvalue weighted by Crippen LogP contribution is 2.06. The molecule has 0 saturated carbocycles. The maximum atomic E-state index is 10.2. The molecule has 1 fully saturated rings. The fourth-order valence-corrected chi connectivity index (χ4v) is 1.64. The van der Waals surface area contributed by atoms with Crippen LogP contribution in [0.5, 0.6) is 0 Å². The molecular formula is C7H13NO2S. The molecule has 0 N–H and O–H groups in total. The first-order valence-corrected chi connectivity index (χ1v) is 5.06. The predicted molar refractivity (Wildman–Crippen MR) is 45.3 cm³/mol. The molecule has 64 valence electrons. The van der Waals surface area contributed by atoms with Crippen LogP contribution in [0, 0.1) is 0 Å². The number of hydrogen-bond acceptors (Lipinski definition) is 3. The molecule has 0 aliphatic carbocycles. The van der Waals surface area contributed by atoms with E-state index in [9.17, 15) is 8.42 Å². The SMILES string of the molecule is O=S(=O)=CCN1CCCCC1. The second-order valence-electron chi connectivity index (χ2n) is 2.79. The van der Waals surface area contributed by atoms with Crippen LogP contribution in [0.25, 0.3) is 0 Å². The predicted octanol–water partition coefficient (Wildman–Crippen LogP) is 0.154. The molecule has 0 aromatic heterocycles. The van der Waals surface area contributed by atoms with Crippen LogP contribution in [0.1, 0.15) is 19.3 Å². The zero-order valence-electron chi connectivity index (χ0n) is 6.49. The largest absolute Gasteiger partial charge is 0.299 e. The van der Waals surface area contributed by atoms with E-state index in [0.717, 1.165) is 13.1 Å². The first-order chi connectivity index (χ1) is 5.29.